The second kappa shape index (κ2) is 11.5. The Bertz CT molecular complexity index is 2400. The first-order valence-corrected chi connectivity index (χ1v) is 15.0. The molecule has 0 N–H and O–H groups in total. The smallest absolute Gasteiger partial charge is 0.166 e. The molecular weight excluding hydrogens is 578 g/mol. The molecule has 0 atom stereocenters. The Balaban J connectivity index is 1.48. The number of hydrogen-bond donors (Lipinski definition) is 0. The summed E-state index contributed by atoms with van der Waals surface area (Å²) in [7, 11) is 0. The Hall–Kier alpha value is -6.96. The molecule has 218 valence electrons. The zero-order valence-electron chi connectivity index (χ0n) is 24.9. The van der Waals surface area contributed by atoms with Gasteiger partial charge in [0.05, 0.1) is 40.0 Å². The van der Waals surface area contributed by atoms with Gasteiger partial charge < -0.3 is 4.57 Å². The van der Waals surface area contributed by atoms with E-state index in [9.17, 15) is 10.5 Å². The zero-order valence-corrected chi connectivity index (χ0v) is 24.9. The summed E-state index contributed by atoms with van der Waals surface area (Å²) in [6.45, 7) is 0. The lowest BCUT2D eigenvalue weighted by Gasteiger charge is -2.16. The molecule has 0 aliphatic rings. The predicted octanol–water partition coefficient (Wildman–Crippen LogP) is 8.78. The summed E-state index contributed by atoms with van der Waals surface area (Å²) in [6, 6.07) is 45.8. The number of aromatic nitrogens is 5. The quantitative estimate of drug-likeness (QED) is 0.195. The van der Waals surface area contributed by atoms with Gasteiger partial charge in [-0.25, -0.2) is 15.0 Å². The molecule has 0 amide bonds. The molecular formula is C40H23N7. The van der Waals surface area contributed by atoms with Crippen molar-refractivity contribution in [1.82, 2.24) is 24.5 Å². The standard InChI is InChI=1S/C40H23N7/c41-23-26-13-16-32-33-17-14-27(24-42)21-37(33)47(36(32)20-26)35-18-15-30(31-12-7-19-43-25-31)22-34(35)40-45-38(28-8-3-1-4-9-28)44-39(46-40)29-10-5-2-6-11-29/h1-22,25H. The Morgan fingerprint density at radius 3 is 1.57 bits per heavy atom. The second-order valence-corrected chi connectivity index (χ2v) is 11.0. The first-order valence-electron chi connectivity index (χ1n) is 15.0. The van der Waals surface area contributed by atoms with Gasteiger partial charge in [0.25, 0.3) is 0 Å². The van der Waals surface area contributed by atoms with E-state index in [1.807, 2.05) is 128 Å². The Kier molecular flexibility index (Phi) is 6.76. The molecule has 0 saturated heterocycles. The van der Waals surface area contributed by atoms with Crippen LogP contribution in [0.15, 0.2) is 140 Å². The minimum Gasteiger partial charge on any atom is -0.308 e. The average Bonchev–Trinajstić information content (AvgIpc) is 3.48. The first kappa shape index (κ1) is 27.6. The topological polar surface area (TPSA) is 104 Å². The minimum atomic E-state index is 0.487. The zero-order chi connectivity index (χ0) is 31.7. The lowest BCUT2D eigenvalue weighted by Crippen LogP contribution is -2.04. The number of nitrogens with zero attached hydrogens (tertiary/aromatic N) is 7. The van der Waals surface area contributed by atoms with E-state index in [0.29, 0.717) is 28.6 Å². The third-order valence-corrected chi connectivity index (χ3v) is 8.20. The van der Waals surface area contributed by atoms with Crippen LogP contribution >= 0.6 is 0 Å². The van der Waals surface area contributed by atoms with E-state index in [0.717, 1.165) is 55.3 Å². The highest BCUT2D eigenvalue weighted by molar-refractivity contribution is 6.10. The van der Waals surface area contributed by atoms with Crippen molar-refractivity contribution in [2.45, 2.75) is 0 Å². The highest BCUT2D eigenvalue weighted by atomic mass is 15.1. The lowest BCUT2D eigenvalue weighted by atomic mass is 10.0. The third kappa shape index (κ3) is 4.95. The van der Waals surface area contributed by atoms with Gasteiger partial charge in [0.2, 0.25) is 0 Å². The van der Waals surface area contributed by atoms with E-state index in [1.54, 1.807) is 6.20 Å². The van der Waals surface area contributed by atoms with Gasteiger partial charge >= 0.3 is 0 Å². The van der Waals surface area contributed by atoms with E-state index in [2.05, 4.69) is 27.8 Å². The molecule has 0 spiro atoms. The van der Waals surface area contributed by atoms with Crippen molar-refractivity contribution < 1.29 is 0 Å². The normalized spacial score (nSPS) is 10.9. The molecule has 8 aromatic rings. The van der Waals surface area contributed by atoms with Crippen molar-refractivity contribution in [3.05, 3.63) is 151 Å². The van der Waals surface area contributed by atoms with E-state index < -0.39 is 0 Å². The third-order valence-electron chi connectivity index (χ3n) is 8.20. The molecule has 3 aromatic heterocycles. The van der Waals surface area contributed by atoms with Crippen molar-refractivity contribution in [2.24, 2.45) is 0 Å². The molecule has 47 heavy (non-hydrogen) atoms. The lowest BCUT2D eigenvalue weighted by molar-refractivity contribution is 1.06. The minimum absolute atomic E-state index is 0.487. The summed E-state index contributed by atoms with van der Waals surface area (Å²) in [6.07, 6.45) is 3.58. The number of fused-ring (bicyclic) bond motifs is 3. The summed E-state index contributed by atoms with van der Waals surface area (Å²) < 4.78 is 2.10. The van der Waals surface area contributed by atoms with E-state index in [-0.39, 0.29) is 0 Å². The highest BCUT2D eigenvalue weighted by Crippen LogP contribution is 2.38. The fourth-order valence-electron chi connectivity index (χ4n) is 5.97. The van der Waals surface area contributed by atoms with Crippen LogP contribution in [0.3, 0.4) is 0 Å². The summed E-state index contributed by atoms with van der Waals surface area (Å²) in [5, 5.41) is 21.6. The number of hydrogen-bond acceptors (Lipinski definition) is 6. The molecule has 3 heterocycles. The molecule has 0 radical (unpaired) electrons. The van der Waals surface area contributed by atoms with Gasteiger partial charge in [-0.15, -0.1) is 0 Å². The average molecular weight is 602 g/mol. The van der Waals surface area contributed by atoms with Gasteiger partial charge in [0.1, 0.15) is 0 Å². The maximum absolute atomic E-state index is 9.85. The summed E-state index contributed by atoms with van der Waals surface area (Å²) >= 11 is 0. The molecule has 8 rings (SSSR count). The molecule has 0 saturated carbocycles. The summed E-state index contributed by atoms with van der Waals surface area (Å²) in [5.74, 6) is 1.59. The van der Waals surface area contributed by atoms with Crippen LogP contribution in [-0.2, 0) is 0 Å². The molecule has 0 aliphatic heterocycles. The molecule has 7 heteroatoms. The van der Waals surface area contributed by atoms with Crippen molar-refractivity contribution in [3.63, 3.8) is 0 Å². The Labute approximate surface area is 270 Å². The van der Waals surface area contributed by atoms with Gasteiger partial charge in [-0.05, 0) is 48.0 Å². The fraction of sp³-hybridized carbons (Fsp3) is 0. The molecule has 7 nitrogen and oxygen atoms in total. The largest absolute Gasteiger partial charge is 0.308 e. The van der Waals surface area contributed by atoms with Gasteiger partial charge in [-0.2, -0.15) is 10.5 Å². The SMILES string of the molecule is N#Cc1ccc2c3ccc(C#N)cc3n(-c3ccc(-c4cccnc4)cc3-c3nc(-c4ccccc4)nc(-c4ccccc4)n3)c2c1. The van der Waals surface area contributed by atoms with Gasteiger partial charge in [-0.1, -0.05) is 84.9 Å². The molecule has 0 bridgehead atoms. The van der Waals surface area contributed by atoms with Crippen molar-refractivity contribution in [1.29, 1.82) is 10.5 Å². The number of rotatable bonds is 5. The Morgan fingerprint density at radius 2 is 1.04 bits per heavy atom. The van der Waals surface area contributed by atoms with Crippen LogP contribution < -0.4 is 0 Å². The maximum Gasteiger partial charge on any atom is 0.166 e. The van der Waals surface area contributed by atoms with Crippen LogP contribution in [0.1, 0.15) is 11.1 Å². The van der Waals surface area contributed by atoms with E-state index in [1.165, 1.54) is 0 Å². The van der Waals surface area contributed by atoms with Crippen LogP contribution in [-0.4, -0.2) is 24.5 Å². The Morgan fingerprint density at radius 1 is 0.489 bits per heavy atom. The maximum atomic E-state index is 9.85. The van der Waals surface area contributed by atoms with Crippen molar-refractivity contribution in [3.8, 4) is 63.1 Å². The molecule has 0 fully saturated rings. The predicted molar refractivity (Wildman–Crippen MR) is 183 cm³/mol. The van der Waals surface area contributed by atoms with E-state index >= 15 is 0 Å². The fourth-order valence-corrected chi connectivity index (χ4v) is 5.97. The van der Waals surface area contributed by atoms with Gasteiger partial charge in [0, 0.05) is 45.4 Å². The van der Waals surface area contributed by atoms with Crippen LogP contribution in [0.5, 0.6) is 0 Å². The number of pyridine rings is 1. The van der Waals surface area contributed by atoms with E-state index in [4.69, 9.17) is 15.0 Å². The van der Waals surface area contributed by atoms with Crippen LogP contribution in [0.4, 0.5) is 0 Å². The molecule has 0 aliphatic carbocycles. The van der Waals surface area contributed by atoms with Crippen molar-refractivity contribution in [2.75, 3.05) is 0 Å². The highest BCUT2D eigenvalue weighted by Gasteiger charge is 2.21. The second-order valence-electron chi connectivity index (χ2n) is 11.0. The monoisotopic (exact) mass is 601 g/mol. The van der Waals surface area contributed by atoms with Gasteiger partial charge in [-0.3, -0.25) is 4.98 Å². The summed E-state index contributed by atoms with van der Waals surface area (Å²) in [5.41, 5.74) is 7.92. The first-order chi connectivity index (χ1) is 23.2. The molecule has 0 unspecified atom stereocenters. The number of nitriles is 2. The van der Waals surface area contributed by atoms with Crippen LogP contribution in [0.25, 0.3) is 72.8 Å². The van der Waals surface area contributed by atoms with Crippen LogP contribution in [0, 0.1) is 22.7 Å². The van der Waals surface area contributed by atoms with Crippen LogP contribution in [0.2, 0.25) is 0 Å². The molecule has 5 aromatic carbocycles. The van der Waals surface area contributed by atoms with Crippen molar-refractivity contribution >= 4 is 21.8 Å². The van der Waals surface area contributed by atoms with Gasteiger partial charge in [0.15, 0.2) is 17.5 Å². The number of benzene rings is 5. The summed E-state index contributed by atoms with van der Waals surface area (Å²) in [4.78, 5) is 19.4.